The van der Waals surface area contributed by atoms with Crippen LogP contribution in [-0.2, 0) is 0 Å². The van der Waals surface area contributed by atoms with Crippen LogP contribution in [0.25, 0.3) is 0 Å². The number of hydrogen-bond acceptors (Lipinski definition) is 5. The number of carbonyl (C=O) groups excluding carboxylic acids is 1. The van der Waals surface area contributed by atoms with Crippen LogP contribution in [-0.4, -0.2) is 46.7 Å². The molecule has 122 valence electrons. The molecule has 7 heteroatoms. The van der Waals surface area contributed by atoms with E-state index in [1.54, 1.807) is 0 Å². The highest BCUT2D eigenvalue weighted by atomic mass is 35.5. The highest BCUT2D eigenvalue weighted by molar-refractivity contribution is 6.33. The van der Waals surface area contributed by atoms with E-state index in [4.69, 9.17) is 11.6 Å². The monoisotopic (exact) mass is 326 g/mol. The van der Waals surface area contributed by atoms with E-state index in [1.807, 2.05) is 18.7 Å². The van der Waals surface area contributed by atoms with Crippen molar-refractivity contribution in [1.82, 2.24) is 15.3 Å². The number of amides is 1. The maximum absolute atomic E-state index is 12.2. The number of hydrogen-bond donors (Lipinski definition) is 2. The van der Waals surface area contributed by atoms with Gasteiger partial charge in [0, 0.05) is 19.6 Å². The first-order valence-electron chi connectivity index (χ1n) is 7.71. The normalized spacial score (nSPS) is 16.1. The fourth-order valence-electron chi connectivity index (χ4n) is 2.51. The second-order valence-electron chi connectivity index (χ2n) is 6.05. The summed E-state index contributed by atoms with van der Waals surface area (Å²) >= 11 is 6.03. The van der Waals surface area contributed by atoms with Gasteiger partial charge in [0.15, 0.2) is 5.69 Å². The Morgan fingerprint density at radius 3 is 2.77 bits per heavy atom. The molecule has 1 unspecified atom stereocenters. The van der Waals surface area contributed by atoms with Crippen LogP contribution in [0.3, 0.4) is 0 Å². The Balaban J connectivity index is 2.00. The van der Waals surface area contributed by atoms with Crippen molar-refractivity contribution in [1.29, 1.82) is 0 Å². The van der Waals surface area contributed by atoms with Crippen molar-refractivity contribution >= 4 is 23.5 Å². The molecule has 1 atom stereocenters. The van der Waals surface area contributed by atoms with E-state index in [0.717, 1.165) is 25.9 Å². The molecule has 0 bridgehead atoms. The van der Waals surface area contributed by atoms with Gasteiger partial charge in [-0.05, 0) is 25.2 Å². The fraction of sp³-hybridized carbons (Fsp3) is 0.667. The van der Waals surface area contributed by atoms with E-state index in [1.165, 1.54) is 6.20 Å². The molecule has 1 aliphatic heterocycles. The van der Waals surface area contributed by atoms with Gasteiger partial charge in [-0.25, -0.2) is 9.97 Å². The van der Waals surface area contributed by atoms with E-state index >= 15 is 0 Å². The lowest BCUT2D eigenvalue weighted by Crippen LogP contribution is -2.34. The molecule has 0 spiro atoms. The third-order valence-electron chi connectivity index (χ3n) is 3.58. The quantitative estimate of drug-likeness (QED) is 0.834. The summed E-state index contributed by atoms with van der Waals surface area (Å²) in [5, 5.41) is 12.7. The maximum Gasteiger partial charge on any atom is 0.271 e. The molecule has 1 saturated heterocycles. The number of anilines is 1. The van der Waals surface area contributed by atoms with Crippen LogP contribution in [0.4, 0.5) is 5.95 Å². The molecule has 1 aromatic heterocycles. The van der Waals surface area contributed by atoms with Gasteiger partial charge in [0.05, 0.1) is 17.3 Å². The molecule has 22 heavy (non-hydrogen) atoms. The van der Waals surface area contributed by atoms with E-state index in [9.17, 15) is 9.90 Å². The maximum atomic E-state index is 12.2. The van der Waals surface area contributed by atoms with Crippen molar-refractivity contribution in [2.24, 2.45) is 5.92 Å². The number of halogens is 1. The SMILES string of the molecule is CC(C)CC(O)CNC(=O)c1nc(N2CCCC2)ncc1Cl. The molecule has 2 heterocycles. The largest absolute Gasteiger partial charge is 0.391 e. The minimum Gasteiger partial charge on any atom is -0.391 e. The van der Waals surface area contributed by atoms with Crippen LogP contribution in [0, 0.1) is 5.92 Å². The lowest BCUT2D eigenvalue weighted by molar-refractivity contribution is 0.0895. The first kappa shape index (κ1) is 17.0. The number of nitrogens with zero attached hydrogens (tertiary/aromatic N) is 3. The van der Waals surface area contributed by atoms with Gasteiger partial charge < -0.3 is 15.3 Å². The van der Waals surface area contributed by atoms with Crippen LogP contribution in [0.5, 0.6) is 0 Å². The zero-order valence-corrected chi connectivity index (χ0v) is 13.8. The molecule has 1 fully saturated rings. The van der Waals surface area contributed by atoms with Crippen molar-refractivity contribution in [3.05, 3.63) is 16.9 Å². The highest BCUT2D eigenvalue weighted by Gasteiger charge is 2.20. The number of nitrogens with one attached hydrogen (secondary N) is 1. The summed E-state index contributed by atoms with van der Waals surface area (Å²) in [6.45, 7) is 6.03. The lowest BCUT2D eigenvalue weighted by atomic mass is 10.1. The number of aliphatic hydroxyl groups excluding tert-OH is 1. The van der Waals surface area contributed by atoms with Crippen LogP contribution < -0.4 is 10.2 Å². The molecule has 6 nitrogen and oxygen atoms in total. The Kier molecular flexibility index (Phi) is 5.97. The van der Waals surface area contributed by atoms with Gasteiger partial charge in [-0.1, -0.05) is 25.4 Å². The number of rotatable bonds is 6. The summed E-state index contributed by atoms with van der Waals surface area (Å²) in [6, 6.07) is 0. The molecule has 1 aromatic rings. The molecule has 0 aromatic carbocycles. The Labute approximate surface area is 135 Å². The summed E-state index contributed by atoms with van der Waals surface area (Å²) in [5.41, 5.74) is 0.162. The Bertz CT molecular complexity index is 518. The molecule has 0 aliphatic carbocycles. The van der Waals surface area contributed by atoms with Gasteiger partial charge in [0.1, 0.15) is 0 Å². The molecule has 2 rings (SSSR count). The molecular formula is C15H23ClN4O2. The molecular weight excluding hydrogens is 304 g/mol. The fourth-order valence-corrected chi connectivity index (χ4v) is 2.69. The zero-order chi connectivity index (χ0) is 16.1. The third kappa shape index (κ3) is 4.55. The first-order valence-corrected chi connectivity index (χ1v) is 8.09. The number of carbonyl (C=O) groups is 1. The van der Waals surface area contributed by atoms with Gasteiger partial charge in [-0.3, -0.25) is 4.79 Å². The van der Waals surface area contributed by atoms with Crippen molar-refractivity contribution in [3.8, 4) is 0 Å². The van der Waals surface area contributed by atoms with E-state index < -0.39 is 6.10 Å². The minimum atomic E-state index is -0.567. The van der Waals surface area contributed by atoms with E-state index in [-0.39, 0.29) is 23.2 Å². The van der Waals surface area contributed by atoms with Crippen LogP contribution in [0.1, 0.15) is 43.6 Å². The topological polar surface area (TPSA) is 78.3 Å². The van der Waals surface area contributed by atoms with Crippen molar-refractivity contribution < 1.29 is 9.90 Å². The third-order valence-corrected chi connectivity index (χ3v) is 3.85. The smallest absolute Gasteiger partial charge is 0.271 e. The second-order valence-corrected chi connectivity index (χ2v) is 6.46. The minimum absolute atomic E-state index is 0.162. The number of aromatic nitrogens is 2. The van der Waals surface area contributed by atoms with Gasteiger partial charge in [0.25, 0.3) is 5.91 Å². The lowest BCUT2D eigenvalue weighted by Gasteiger charge is -2.17. The Morgan fingerprint density at radius 1 is 1.45 bits per heavy atom. The summed E-state index contributed by atoms with van der Waals surface area (Å²) in [7, 11) is 0. The van der Waals surface area contributed by atoms with Gasteiger partial charge >= 0.3 is 0 Å². The van der Waals surface area contributed by atoms with Gasteiger partial charge in [-0.15, -0.1) is 0 Å². The molecule has 0 radical (unpaired) electrons. The molecule has 1 aliphatic rings. The van der Waals surface area contributed by atoms with E-state index in [0.29, 0.717) is 18.3 Å². The Morgan fingerprint density at radius 2 is 2.14 bits per heavy atom. The summed E-state index contributed by atoms with van der Waals surface area (Å²) < 4.78 is 0. The van der Waals surface area contributed by atoms with Crippen molar-refractivity contribution in [3.63, 3.8) is 0 Å². The summed E-state index contributed by atoms with van der Waals surface area (Å²) in [5.74, 6) is 0.529. The Hall–Kier alpha value is -1.40. The highest BCUT2D eigenvalue weighted by Crippen LogP contribution is 2.19. The van der Waals surface area contributed by atoms with Gasteiger partial charge in [-0.2, -0.15) is 0 Å². The first-order chi connectivity index (χ1) is 10.5. The van der Waals surface area contributed by atoms with Crippen LogP contribution >= 0.6 is 11.6 Å². The number of aliphatic hydroxyl groups is 1. The molecule has 0 saturated carbocycles. The van der Waals surface area contributed by atoms with Crippen LogP contribution in [0.2, 0.25) is 5.02 Å². The summed E-state index contributed by atoms with van der Waals surface area (Å²) in [4.78, 5) is 22.7. The van der Waals surface area contributed by atoms with Crippen molar-refractivity contribution in [2.75, 3.05) is 24.5 Å². The average Bonchev–Trinajstić information content (AvgIpc) is 2.98. The average molecular weight is 327 g/mol. The standard InChI is InChI=1S/C15H23ClN4O2/c1-10(2)7-11(21)8-17-14(22)13-12(16)9-18-15(19-13)20-5-3-4-6-20/h9-11,21H,3-8H2,1-2H3,(H,17,22). The van der Waals surface area contributed by atoms with Crippen molar-refractivity contribution in [2.45, 2.75) is 39.2 Å². The second kappa shape index (κ2) is 7.74. The van der Waals surface area contributed by atoms with Crippen LogP contribution in [0.15, 0.2) is 6.20 Å². The predicted molar refractivity (Wildman–Crippen MR) is 86.3 cm³/mol. The molecule has 1 amide bonds. The zero-order valence-electron chi connectivity index (χ0n) is 13.0. The van der Waals surface area contributed by atoms with E-state index in [2.05, 4.69) is 15.3 Å². The summed E-state index contributed by atoms with van der Waals surface area (Å²) in [6.07, 6.45) is 3.74. The predicted octanol–water partition coefficient (Wildman–Crippen LogP) is 1.87. The van der Waals surface area contributed by atoms with Gasteiger partial charge in [0.2, 0.25) is 5.95 Å². The molecule has 2 N–H and O–H groups in total.